The van der Waals surface area contributed by atoms with Gasteiger partial charge < -0.3 is 4.90 Å². The first-order valence-electron chi connectivity index (χ1n) is 3.36. The molecule has 0 aromatic rings. The van der Waals surface area contributed by atoms with Crippen LogP contribution in [0.4, 0.5) is 0 Å². The minimum absolute atomic E-state index is 0.378. The van der Waals surface area contributed by atoms with Gasteiger partial charge in [-0.25, -0.2) is 3.11 Å². The number of amides is 1. The largest absolute Gasteiger partial charge is 0.340 e. The fraction of sp³-hybridized carbons (Fsp3) is 0.833. The average Bonchev–Trinajstić information content (AvgIpc) is 1.88. The fourth-order valence-electron chi connectivity index (χ4n) is 1.08. The number of carbonyl (C=O) groups excluding carboxylic acids is 1. The molecule has 1 amide bonds. The molecule has 0 spiro atoms. The van der Waals surface area contributed by atoms with Crippen molar-refractivity contribution in [3.63, 3.8) is 0 Å². The minimum Gasteiger partial charge on any atom is -0.340 e. The van der Waals surface area contributed by atoms with Crippen LogP contribution < -0.4 is 0 Å². The van der Waals surface area contributed by atoms with E-state index in [9.17, 15) is 4.79 Å². The number of hydrogen-bond acceptors (Lipinski definition) is 2. The van der Waals surface area contributed by atoms with Crippen LogP contribution in [0, 0.1) is 0 Å². The molecule has 1 fully saturated rings. The molecule has 0 aromatic carbocycles. The summed E-state index contributed by atoms with van der Waals surface area (Å²) in [5.74, 6) is 0. The van der Waals surface area contributed by atoms with E-state index in [1.54, 1.807) is 0 Å². The summed E-state index contributed by atoms with van der Waals surface area (Å²) in [5, 5.41) is 0. The highest BCUT2D eigenvalue weighted by Crippen LogP contribution is 2.10. The molecule has 1 rings (SSSR count). The van der Waals surface area contributed by atoms with Crippen LogP contribution in [0.1, 0.15) is 6.92 Å². The SMILES string of the molecule is CC1CN(I)CCN1C=O. The molecule has 58 valence electrons. The zero-order valence-corrected chi connectivity index (χ0v) is 8.11. The molecule has 1 saturated heterocycles. The van der Waals surface area contributed by atoms with Gasteiger partial charge in [0, 0.05) is 48.5 Å². The lowest BCUT2D eigenvalue weighted by atomic mass is 10.2. The van der Waals surface area contributed by atoms with Gasteiger partial charge in [-0.05, 0) is 6.92 Å². The molecule has 3 nitrogen and oxygen atoms in total. The Balaban J connectivity index is 2.43. The van der Waals surface area contributed by atoms with Gasteiger partial charge in [0.1, 0.15) is 0 Å². The van der Waals surface area contributed by atoms with Crippen molar-refractivity contribution >= 4 is 29.3 Å². The Kier molecular flexibility index (Phi) is 2.91. The van der Waals surface area contributed by atoms with Gasteiger partial charge in [0.05, 0.1) is 0 Å². The van der Waals surface area contributed by atoms with Gasteiger partial charge in [-0.15, -0.1) is 0 Å². The van der Waals surface area contributed by atoms with E-state index in [2.05, 4.69) is 32.9 Å². The first kappa shape index (κ1) is 8.26. The summed E-state index contributed by atoms with van der Waals surface area (Å²) in [5.41, 5.74) is 0. The monoisotopic (exact) mass is 254 g/mol. The zero-order valence-electron chi connectivity index (χ0n) is 5.96. The van der Waals surface area contributed by atoms with Crippen LogP contribution in [0.3, 0.4) is 0 Å². The number of piperazine rings is 1. The lowest BCUT2D eigenvalue weighted by molar-refractivity contribution is -0.121. The molecule has 4 heteroatoms. The van der Waals surface area contributed by atoms with Gasteiger partial charge in [0.15, 0.2) is 0 Å². The summed E-state index contributed by atoms with van der Waals surface area (Å²) in [6.07, 6.45) is 0.939. The van der Waals surface area contributed by atoms with Crippen LogP contribution in [0.25, 0.3) is 0 Å². The second kappa shape index (κ2) is 3.52. The number of rotatable bonds is 1. The molecule has 0 aliphatic carbocycles. The molecule has 1 heterocycles. The van der Waals surface area contributed by atoms with Crippen LogP contribution in [0.2, 0.25) is 0 Å². The minimum atomic E-state index is 0.378. The van der Waals surface area contributed by atoms with Gasteiger partial charge in [-0.1, -0.05) is 0 Å². The predicted molar refractivity (Wildman–Crippen MR) is 47.8 cm³/mol. The molecule has 1 unspecified atom stereocenters. The molecular weight excluding hydrogens is 243 g/mol. The van der Waals surface area contributed by atoms with Crippen LogP contribution >= 0.6 is 22.9 Å². The van der Waals surface area contributed by atoms with Crippen LogP contribution in [0.15, 0.2) is 0 Å². The first-order valence-corrected chi connectivity index (χ1v) is 4.32. The number of halogens is 1. The van der Waals surface area contributed by atoms with Crippen molar-refractivity contribution in [2.45, 2.75) is 13.0 Å². The Labute approximate surface area is 74.9 Å². The van der Waals surface area contributed by atoms with E-state index >= 15 is 0 Å². The van der Waals surface area contributed by atoms with Crippen molar-refractivity contribution in [3.8, 4) is 0 Å². The molecule has 10 heavy (non-hydrogen) atoms. The molecule has 1 atom stereocenters. The van der Waals surface area contributed by atoms with Crippen molar-refractivity contribution in [2.75, 3.05) is 19.6 Å². The molecule has 0 N–H and O–H groups in total. The summed E-state index contributed by atoms with van der Waals surface area (Å²) < 4.78 is 2.21. The summed E-state index contributed by atoms with van der Waals surface area (Å²) in [4.78, 5) is 12.2. The highest BCUT2D eigenvalue weighted by atomic mass is 127. The molecular formula is C6H11IN2O. The van der Waals surface area contributed by atoms with E-state index in [0.29, 0.717) is 6.04 Å². The Morgan fingerprint density at radius 3 is 2.80 bits per heavy atom. The summed E-state index contributed by atoms with van der Waals surface area (Å²) >= 11 is 2.29. The van der Waals surface area contributed by atoms with Crippen LogP contribution in [-0.4, -0.2) is 40.1 Å². The van der Waals surface area contributed by atoms with Crippen molar-refractivity contribution < 1.29 is 4.79 Å². The second-order valence-electron chi connectivity index (χ2n) is 2.56. The maximum Gasteiger partial charge on any atom is 0.210 e. The van der Waals surface area contributed by atoms with Crippen molar-refractivity contribution in [2.24, 2.45) is 0 Å². The van der Waals surface area contributed by atoms with Crippen LogP contribution in [-0.2, 0) is 4.79 Å². The van der Waals surface area contributed by atoms with Gasteiger partial charge in [-0.3, -0.25) is 4.79 Å². The Morgan fingerprint density at radius 1 is 1.60 bits per heavy atom. The first-order chi connectivity index (χ1) is 4.74. The lowest BCUT2D eigenvalue weighted by Gasteiger charge is -2.34. The van der Waals surface area contributed by atoms with Crippen molar-refractivity contribution in [3.05, 3.63) is 0 Å². The highest BCUT2D eigenvalue weighted by molar-refractivity contribution is 14.1. The molecule has 0 saturated carbocycles. The molecule has 0 bridgehead atoms. The third kappa shape index (κ3) is 1.82. The van der Waals surface area contributed by atoms with E-state index < -0.39 is 0 Å². The normalized spacial score (nSPS) is 28.6. The summed E-state index contributed by atoms with van der Waals surface area (Å²) in [6, 6.07) is 0.378. The van der Waals surface area contributed by atoms with Crippen molar-refractivity contribution in [1.29, 1.82) is 0 Å². The number of carbonyl (C=O) groups is 1. The quantitative estimate of drug-likeness (QED) is 0.386. The molecule has 1 aliphatic rings. The Bertz CT molecular complexity index is 131. The average molecular weight is 254 g/mol. The second-order valence-corrected chi connectivity index (χ2v) is 3.93. The lowest BCUT2D eigenvalue weighted by Crippen LogP contribution is -2.47. The topological polar surface area (TPSA) is 23.6 Å². The van der Waals surface area contributed by atoms with E-state index in [4.69, 9.17) is 0 Å². The van der Waals surface area contributed by atoms with Gasteiger partial charge in [0.2, 0.25) is 6.41 Å². The number of nitrogens with zero attached hydrogens (tertiary/aromatic N) is 2. The van der Waals surface area contributed by atoms with E-state index in [1.807, 2.05) is 4.90 Å². The van der Waals surface area contributed by atoms with E-state index in [1.165, 1.54) is 0 Å². The predicted octanol–water partition coefficient (Wildman–Crippen LogP) is 0.499. The summed E-state index contributed by atoms with van der Waals surface area (Å²) in [6.45, 7) is 4.91. The smallest absolute Gasteiger partial charge is 0.210 e. The van der Waals surface area contributed by atoms with Crippen LogP contribution in [0.5, 0.6) is 0 Å². The maximum atomic E-state index is 10.4. The standard InChI is InChI=1S/C6H11IN2O/c1-6-4-9(7)3-2-8(6)5-10/h5-6H,2-4H2,1H3. The van der Waals surface area contributed by atoms with E-state index in [0.717, 1.165) is 26.0 Å². The Morgan fingerprint density at radius 2 is 2.30 bits per heavy atom. The number of hydrogen-bond donors (Lipinski definition) is 0. The Hall–Kier alpha value is 0.160. The van der Waals surface area contributed by atoms with E-state index in [-0.39, 0.29) is 0 Å². The zero-order chi connectivity index (χ0) is 7.56. The summed E-state index contributed by atoms with van der Waals surface area (Å²) in [7, 11) is 0. The third-order valence-corrected chi connectivity index (χ3v) is 2.64. The molecule has 0 aromatic heterocycles. The fourth-order valence-corrected chi connectivity index (χ4v) is 1.87. The van der Waals surface area contributed by atoms with Gasteiger partial charge >= 0.3 is 0 Å². The van der Waals surface area contributed by atoms with Gasteiger partial charge in [-0.2, -0.15) is 0 Å². The van der Waals surface area contributed by atoms with Crippen molar-refractivity contribution in [1.82, 2.24) is 8.01 Å². The highest BCUT2D eigenvalue weighted by Gasteiger charge is 2.19. The molecule has 1 aliphatic heterocycles. The maximum absolute atomic E-state index is 10.4. The van der Waals surface area contributed by atoms with Gasteiger partial charge in [0.25, 0.3) is 0 Å². The third-order valence-electron chi connectivity index (χ3n) is 1.76. The molecule has 0 radical (unpaired) electrons.